The van der Waals surface area contributed by atoms with Gasteiger partial charge in [-0.05, 0) is 19.4 Å². The molecule has 0 unspecified atom stereocenters. The molecule has 1 heterocycles. The number of benzene rings is 1. The monoisotopic (exact) mass is 581 g/mol. The summed E-state index contributed by atoms with van der Waals surface area (Å²) in [4.78, 5) is 38.2. The van der Waals surface area contributed by atoms with Crippen molar-refractivity contribution < 1.29 is 32.3 Å². The van der Waals surface area contributed by atoms with Crippen molar-refractivity contribution in [2.75, 3.05) is 68.5 Å². The Morgan fingerprint density at radius 1 is 1.17 bits per heavy atom. The Bertz CT molecular complexity index is 1020. The molecule has 0 aliphatic carbocycles. The molecular formula is C19H28BrN5O9S. The van der Waals surface area contributed by atoms with Crippen LogP contribution in [0.4, 0.5) is 17.1 Å². The number of nitrogens with one attached hydrogen (secondary N) is 1. The fourth-order valence-electron chi connectivity index (χ4n) is 3.65. The predicted octanol–water partition coefficient (Wildman–Crippen LogP) is 1.43. The number of hydrogen-bond acceptors (Lipinski definition) is 10. The number of carbonyl (C=O) groups excluding carboxylic acids is 1. The number of hydrogen-bond donors (Lipinski definition) is 2. The SMILES string of the molecule is O=C(NCCCN1CCOCC1)c1cc([N+](=O)[O-])cc([N+](=O)[O-])c1N(CCBr)CCCS(=O)(=O)O. The van der Waals surface area contributed by atoms with Crippen LogP contribution in [0.5, 0.6) is 0 Å². The standard InChI is InChI=1S/C19H28BrN5O9S/c20-3-7-23(6-2-12-35(31,32)33)18-16(13-15(24(27)28)14-17(18)25(29)30)19(26)21-4-1-5-22-8-10-34-11-9-22/h13-14H,1-12H2,(H,21,26)(H,31,32,33). The van der Waals surface area contributed by atoms with Crippen molar-refractivity contribution >= 4 is 49.0 Å². The quantitative estimate of drug-likeness (QED) is 0.106. The summed E-state index contributed by atoms with van der Waals surface area (Å²) < 4.78 is 36.5. The van der Waals surface area contributed by atoms with Crippen LogP contribution in [0.2, 0.25) is 0 Å². The molecule has 0 aromatic heterocycles. The van der Waals surface area contributed by atoms with E-state index in [2.05, 4.69) is 26.1 Å². The van der Waals surface area contributed by atoms with E-state index in [1.807, 2.05) is 0 Å². The van der Waals surface area contributed by atoms with Crippen LogP contribution < -0.4 is 10.2 Å². The van der Waals surface area contributed by atoms with E-state index in [-0.39, 0.29) is 37.3 Å². The van der Waals surface area contributed by atoms with Crippen molar-refractivity contribution in [2.24, 2.45) is 0 Å². The molecule has 0 radical (unpaired) electrons. The lowest BCUT2D eigenvalue weighted by molar-refractivity contribution is -0.393. The molecule has 0 saturated carbocycles. The molecule has 0 atom stereocenters. The fraction of sp³-hybridized carbons (Fsp3) is 0.632. The minimum Gasteiger partial charge on any atom is -0.379 e. The van der Waals surface area contributed by atoms with Crippen molar-refractivity contribution in [2.45, 2.75) is 12.8 Å². The van der Waals surface area contributed by atoms with Gasteiger partial charge in [-0.15, -0.1) is 0 Å². The highest BCUT2D eigenvalue weighted by molar-refractivity contribution is 9.09. The first-order chi connectivity index (χ1) is 16.5. The Balaban J connectivity index is 2.31. The zero-order valence-corrected chi connectivity index (χ0v) is 21.3. The van der Waals surface area contributed by atoms with Crippen LogP contribution in [0.1, 0.15) is 23.2 Å². The van der Waals surface area contributed by atoms with E-state index < -0.39 is 43.0 Å². The molecule has 0 bridgehead atoms. The van der Waals surface area contributed by atoms with Gasteiger partial charge in [0.25, 0.3) is 27.4 Å². The lowest BCUT2D eigenvalue weighted by Crippen LogP contribution is -2.38. The van der Waals surface area contributed by atoms with Crippen molar-refractivity contribution in [3.63, 3.8) is 0 Å². The van der Waals surface area contributed by atoms with Crippen molar-refractivity contribution in [3.05, 3.63) is 37.9 Å². The van der Waals surface area contributed by atoms with Gasteiger partial charge < -0.3 is 15.0 Å². The largest absolute Gasteiger partial charge is 0.379 e. The molecule has 14 nitrogen and oxygen atoms in total. The maximum absolute atomic E-state index is 13.0. The molecule has 1 aliphatic heterocycles. The Hall–Kier alpha value is -2.40. The van der Waals surface area contributed by atoms with Crippen LogP contribution in [0.15, 0.2) is 12.1 Å². The van der Waals surface area contributed by atoms with Gasteiger partial charge in [-0.3, -0.25) is 34.5 Å². The summed E-state index contributed by atoms with van der Waals surface area (Å²) in [6, 6.07) is 1.75. The maximum atomic E-state index is 13.0. The normalized spacial score (nSPS) is 14.5. The van der Waals surface area contributed by atoms with Crippen LogP contribution in [0.25, 0.3) is 0 Å². The van der Waals surface area contributed by atoms with Gasteiger partial charge in [0.2, 0.25) is 0 Å². The summed E-state index contributed by atoms with van der Waals surface area (Å²) >= 11 is 3.23. The average molecular weight is 582 g/mol. The van der Waals surface area contributed by atoms with E-state index in [1.165, 1.54) is 4.90 Å². The van der Waals surface area contributed by atoms with Crippen LogP contribution in [-0.2, 0) is 14.9 Å². The lowest BCUT2D eigenvalue weighted by atomic mass is 10.1. The smallest absolute Gasteiger partial charge is 0.300 e. The predicted molar refractivity (Wildman–Crippen MR) is 131 cm³/mol. The highest BCUT2D eigenvalue weighted by atomic mass is 79.9. The van der Waals surface area contributed by atoms with E-state index >= 15 is 0 Å². The third-order valence-electron chi connectivity index (χ3n) is 5.27. The van der Waals surface area contributed by atoms with Crippen molar-refractivity contribution in [3.8, 4) is 0 Å². The molecule has 1 saturated heterocycles. The maximum Gasteiger partial charge on any atom is 0.300 e. The highest BCUT2D eigenvalue weighted by Gasteiger charge is 2.31. The molecule has 35 heavy (non-hydrogen) atoms. The second-order valence-electron chi connectivity index (χ2n) is 7.75. The minimum absolute atomic E-state index is 0.0542. The highest BCUT2D eigenvalue weighted by Crippen LogP contribution is 2.36. The number of anilines is 1. The van der Waals surface area contributed by atoms with Gasteiger partial charge in [-0.25, -0.2) is 0 Å². The number of carbonyl (C=O) groups is 1. The van der Waals surface area contributed by atoms with E-state index in [9.17, 15) is 33.4 Å². The molecule has 196 valence electrons. The topological polar surface area (TPSA) is 185 Å². The number of alkyl halides is 1. The number of rotatable bonds is 14. The Labute approximate surface area is 210 Å². The molecular weight excluding hydrogens is 554 g/mol. The summed E-state index contributed by atoms with van der Waals surface area (Å²) in [7, 11) is -4.26. The Morgan fingerprint density at radius 2 is 1.86 bits per heavy atom. The van der Waals surface area contributed by atoms with Crippen LogP contribution in [-0.4, -0.2) is 97.2 Å². The van der Waals surface area contributed by atoms with Gasteiger partial charge in [0.1, 0.15) is 5.69 Å². The second-order valence-corrected chi connectivity index (χ2v) is 10.1. The molecule has 2 N–H and O–H groups in total. The molecule has 1 aromatic carbocycles. The number of halogens is 1. The zero-order chi connectivity index (χ0) is 26.0. The third kappa shape index (κ3) is 9.29. The van der Waals surface area contributed by atoms with E-state index in [1.54, 1.807) is 0 Å². The lowest BCUT2D eigenvalue weighted by Gasteiger charge is -2.27. The first-order valence-electron chi connectivity index (χ1n) is 10.8. The van der Waals surface area contributed by atoms with Gasteiger partial charge >= 0.3 is 0 Å². The Kier molecular flexibility index (Phi) is 11.2. The number of amides is 1. The molecule has 0 spiro atoms. The minimum atomic E-state index is -4.26. The van der Waals surface area contributed by atoms with Gasteiger partial charge in [0, 0.05) is 44.1 Å². The van der Waals surface area contributed by atoms with Gasteiger partial charge in [0.15, 0.2) is 0 Å². The molecule has 1 amide bonds. The Morgan fingerprint density at radius 3 is 2.43 bits per heavy atom. The number of non-ortho nitro benzene ring substituents is 1. The number of ether oxygens (including phenoxy) is 1. The first kappa shape index (κ1) is 28.8. The summed E-state index contributed by atoms with van der Waals surface area (Å²) in [5, 5.41) is 26.2. The molecule has 2 rings (SSSR count). The van der Waals surface area contributed by atoms with E-state index in [0.29, 0.717) is 31.5 Å². The number of nitro groups is 2. The average Bonchev–Trinajstić information content (AvgIpc) is 2.80. The fourth-order valence-corrected chi connectivity index (χ4v) is 4.58. The molecule has 1 aliphatic rings. The van der Waals surface area contributed by atoms with Gasteiger partial charge in [0.05, 0.1) is 40.4 Å². The van der Waals surface area contributed by atoms with Crippen LogP contribution >= 0.6 is 15.9 Å². The molecule has 16 heteroatoms. The third-order valence-corrected chi connectivity index (χ3v) is 6.43. The van der Waals surface area contributed by atoms with Crippen LogP contribution in [0, 0.1) is 20.2 Å². The van der Waals surface area contributed by atoms with Crippen LogP contribution in [0.3, 0.4) is 0 Å². The van der Waals surface area contributed by atoms with Gasteiger partial charge in [-0.2, -0.15) is 8.42 Å². The number of nitrogens with zero attached hydrogens (tertiary/aromatic N) is 4. The van der Waals surface area contributed by atoms with Crippen molar-refractivity contribution in [1.29, 1.82) is 0 Å². The zero-order valence-electron chi connectivity index (χ0n) is 18.9. The van der Waals surface area contributed by atoms with E-state index in [4.69, 9.17) is 9.29 Å². The summed E-state index contributed by atoms with van der Waals surface area (Å²) in [5.41, 5.74) is -1.67. The van der Waals surface area contributed by atoms with Crippen molar-refractivity contribution in [1.82, 2.24) is 10.2 Å². The molecule has 1 aromatic rings. The second kappa shape index (κ2) is 13.6. The number of morpholine rings is 1. The van der Waals surface area contributed by atoms with Gasteiger partial charge in [-0.1, -0.05) is 15.9 Å². The number of nitro benzene ring substituents is 2. The van der Waals surface area contributed by atoms with E-state index in [0.717, 1.165) is 25.2 Å². The first-order valence-corrected chi connectivity index (χ1v) is 13.6. The summed E-state index contributed by atoms with van der Waals surface area (Å²) in [6.07, 6.45) is 0.512. The summed E-state index contributed by atoms with van der Waals surface area (Å²) in [5.74, 6) is -1.31. The molecule has 1 fully saturated rings. The summed E-state index contributed by atoms with van der Waals surface area (Å²) in [6.45, 7) is 3.86.